The Hall–Kier alpha value is -0.490. The van der Waals surface area contributed by atoms with Gasteiger partial charge in [-0.2, -0.15) is 0 Å². The lowest BCUT2D eigenvalue weighted by Crippen LogP contribution is -2.45. The van der Waals surface area contributed by atoms with E-state index in [0.717, 1.165) is 45.5 Å². The summed E-state index contributed by atoms with van der Waals surface area (Å²) in [7, 11) is 1.74. The molecule has 1 aromatic rings. The molecular formula is C17H28N2O2S. The summed E-state index contributed by atoms with van der Waals surface area (Å²) in [5.41, 5.74) is 1.38. The molecule has 1 aromatic heterocycles. The average Bonchev–Trinajstić information content (AvgIpc) is 2.95. The van der Waals surface area contributed by atoms with Crippen molar-refractivity contribution in [3.63, 3.8) is 0 Å². The van der Waals surface area contributed by atoms with Gasteiger partial charge >= 0.3 is 0 Å². The molecule has 1 atom stereocenters. The molecule has 124 valence electrons. The Balaban J connectivity index is 1.63. The molecule has 0 aromatic carbocycles. The molecule has 0 saturated carbocycles. The van der Waals surface area contributed by atoms with Crippen LogP contribution in [0.1, 0.15) is 47.7 Å². The third-order valence-electron chi connectivity index (χ3n) is 5.16. The molecule has 1 fully saturated rings. The number of aliphatic hydroxyl groups is 1. The molecule has 1 aliphatic carbocycles. The van der Waals surface area contributed by atoms with Crippen LogP contribution in [0.4, 0.5) is 0 Å². The number of aromatic nitrogens is 1. The topological polar surface area (TPSA) is 45.6 Å². The molecule has 1 unspecified atom stereocenters. The van der Waals surface area contributed by atoms with E-state index in [1.807, 2.05) is 11.3 Å². The van der Waals surface area contributed by atoms with Crippen molar-refractivity contribution >= 4 is 11.3 Å². The molecule has 0 spiro atoms. The maximum absolute atomic E-state index is 9.89. The van der Waals surface area contributed by atoms with Gasteiger partial charge in [-0.25, -0.2) is 4.98 Å². The second-order valence-corrected chi connectivity index (χ2v) is 8.07. The molecule has 22 heavy (non-hydrogen) atoms. The minimum absolute atomic E-state index is 0.0190. The highest BCUT2D eigenvalue weighted by atomic mass is 32.1. The largest absolute Gasteiger partial charge is 0.396 e. The standard InChI is InChI=1S/C17H28N2O2S/c1-21-10-8-17(13-20)7-4-9-19(12-17)11-16-18-14-5-2-3-6-15(14)22-16/h20H,2-13H2,1H3. The molecule has 0 bridgehead atoms. The van der Waals surface area contributed by atoms with E-state index in [9.17, 15) is 5.11 Å². The number of nitrogens with zero attached hydrogens (tertiary/aromatic N) is 2. The predicted octanol–water partition coefficient (Wildman–Crippen LogP) is 2.63. The molecule has 5 heteroatoms. The van der Waals surface area contributed by atoms with Crippen molar-refractivity contribution in [1.82, 2.24) is 9.88 Å². The van der Waals surface area contributed by atoms with Gasteiger partial charge in [-0.1, -0.05) is 0 Å². The Morgan fingerprint density at radius 1 is 1.32 bits per heavy atom. The van der Waals surface area contributed by atoms with Crippen LogP contribution >= 0.6 is 11.3 Å². The van der Waals surface area contributed by atoms with Gasteiger partial charge in [0.2, 0.25) is 0 Å². The first-order valence-electron chi connectivity index (χ1n) is 8.54. The Labute approximate surface area is 137 Å². The number of ether oxygens (including phenoxy) is 1. The van der Waals surface area contributed by atoms with Gasteiger partial charge in [0.1, 0.15) is 5.01 Å². The SMILES string of the molecule is COCCC1(CO)CCCN(Cc2nc3c(s2)CCCC3)C1. The number of hydrogen-bond acceptors (Lipinski definition) is 5. The average molecular weight is 324 g/mol. The van der Waals surface area contributed by atoms with Crippen LogP contribution in [0.5, 0.6) is 0 Å². The van der Waals surface area contributed by atoms with Crippen molar-refractivity contribution in [3.8, 4) is 0 Å². The van der Waals surface area contributed by atoms with E-state index in [0.29, 0.717) is 0 Å². The number of likely N-dealkylation sites (tertiary alicyclic amines) is 1. The second-order valence-electron chi connectivity index (χ2n) is 6.90. The number of thiazole rings is 1. The Bertz CT molecular complexity index is 468. The van der Waals surface area contributed by atoms with Gasteiger partial charge in [0.25, 0.3) is 0 Å². The summed E-state index contributed by atoms with van der Waals surface area (Å²) >= 11 is 1.91. The third kappa shape index (κ3) is 3.70. The Kier molecular flexibility index (Phi) is 5.50. The molecule has 0 amide bonds. The van der Waals surface area contributed by atoms with Crippen LogP contribution in [0, 0.1) is 5.41 Å². The molecule has 1 aliphatic heterocycles. The molecular weight excluding hydrogens is 296 g/mol. The molecule has 1 saturated heterocycles. The van der Waals surface area contributed by atoms with E-state index in [1.54, 1.807) is 7.11 Å². The van der Waals surface area contributed by atoms with Crippen molar-refractivity contribution in [2.75, 3.05) is 33.4 Å². The Morgan fingerprint density at radius 2 is 2.18 bits per heavy atom. The van der Waals surface area contributed by atoms with Crippen molar-refractivity contribution in [3.05, 3.63) is 15.6 Å². The zero-order valence-corrected chi connectivity index (χ0v) is 14.5. The highest BCUT2D eigenvalue weighted by molar-refractivity contribution is 7.11. The van der Waals surface area contributed by atoms with Crippen LogP contribution in [0.3, 0.4) is 0 Å². The zero-order valence-electron chi connectivity index (χ0n) is 13.6. The summed E-state index contributed by atoms with van der Waals surface area (Å²) in [5, 5.41) is 11.2. The Morgan fingerprint density at radius 3 is 2.95 bits per heavy atom. The minimum Gasteiger partial charge on any atom is -0.396 e. The first-order valence-corrected chi connectivity index (χ1v) is 9.36. The van der Waals surface area contributed by atoms with Gasteiger partial charge in [-0.05, 0) is 51.5 Å². The fourth-order valence-electron chi connectivity index (χ4n) is 3.84. The van der Waals surface area contributed by atoms with E-state index in [-0.39, 0.29) is 12.0 Å². The summed E-state index contributed by atoms with van der Waals surface area (Å²) in [4.78, 5) is 8.88. The van der Waals surface area contributed by atoms with Gasteiger partial charge in [-0.3, -0.25) is 4.90 Å². The zero-order chi connectivity index (χ0) is 15.4. The summed E-state index contributed by atoms with van der Waals surface area (Å²) in [5.74, 6) is 0. The van der Waals surface area contributed by atoms with E-state index < -0.39 is 0 Å². The lowest BCUT2D eigenvalue weighted by Gasteiger charge is -2.41. The fourth-order valence-corrected chi connectivity index (χ4v) is 5.04. The summed E-state index contributed by atoms with van der Waals surface area (Å²) in [6, 6.07) is 0. The number of piperidine rings is 1. The van der Waals surface area contributed by atoms with Gasteiger partial charge in [0, 0.05) is 30.6 Å². The summed E-state index contributed by atoms with van der Waals surface area (Å²) in [6.07, 6.45) is 8.23. The number of fused-ring (bicyclic) bond motifs is 1. The van der Waals surface area contributed by atoms with Gasteiger partial charge < -0.3 is 9.84 Å². The van der Waals surface area contributed by atoms with Gasteiger partial charge in [0.15, 0.2) is 0 Å². The van der Waals surface area contributed by atoms with E-state index in [2.05, 4.69) is 4.90 Å². The number of rotatable bonds is 6. The molecule has 0 radical (unpaired) electrons. The van der Waals surface area contributed by atoms with Crippen LogP contribution in [-0.4, -0.2) is 48.4 Å². The molecule has 2 aliphatic rings. The summed E-state index contributed by atoms with van der Waals surface area (Å²) < 4.78 is 5.24. The first kappa shape index (κ1) is 16.4. The molecule has 2 heterocycles. The minimum atomic E-state index is 0.0190. The predicted molar refractivity (Wildman–Crippen MR) is 89.3 cm³/mol. The maximum atomic E-state index is 9.89. The van der Waals surface area contributed by atoms with Crippen LogP contribution in [0.25, 0.3) is 0 Å². The van der Waals surface area contributed by atoms with Gasteiger partial charge in [-0.15, -0.1) is 11.3 Å². The van der Waals surface area contributed by atoms with Crippen LogP contribution in [0.2, 0.25) is 0 Å². The number of aliphatic hydroxyl groups excluding tert-OH is 1. The quantitative estimate of drug-likeness (QED) is 0.874. The van der Waals surface area contributed by atoms with Crippen molar-refractivity contribution < 1.29 is 9.84 Å². The highest BCUT2D eigenvalue weighted by Gasteiger charge is 2.35. The monoisotopic (exact) mass is 324 g/mol. The van der Waals surface area contributed by atoms with Crippen molar-refractivity contribution in [2.24, 2.45) is 5.41 Å². The lowest BCUT2D eigenvalue weighted by atomic mass is 9.78. The maximum Gasteiger partial charge on any atom is 0.107 e. The number of methoxy groups -OCH3 is 1. The normalized spacial score (nSPS) is 26.1. The van der Waals surface area contributed by atoms with Crippen LogP contribution in [0.15, 0.2) is 0 Å². The highest BCUT2D eigenvalue weighted by Crippen LogP contribution is 2.34. The van der Waals surface area contributed by atoms with Crippen molar-refractivity contribution in [2.45, 2.75) is 51.5 Å². The fraction of sp³-hybridized carbons (Fsp3) is 0.824. The number of aryl methyl sites for hydroxylation is 2. The molecule has 1 N–H and O–H groups in total. The second kappa shape index (κ2) is 7.39. The summed E-state index contributed by atoms with van der Waals surface area (Å²) in [6.45, 7) is 4.05. The third-order valence-corrected chi connectivity index (χ3v) is 6.30. The van der Waals surface area contributed by atoms with Crippen molar-refractivity contribution in [1.29, 1.82) is 0 Å². The van der Waals surface area contributed by atoms with Crippen LogP contribution < -0.4 is 0 Å². The smallest absolute Gasteiger partial charge is 0.107 e. The van der Waals surface area contributed by atoms with E-state index in [4.69, 9.17) is 9.72 Å². The number of hydrogen-bond donors (Lipinski definition) is 1. The molecule has 4 nitrogen and oxygen atoms in total. The first-order chi connectivity index (χ1) is 10.7. The van der Waals surface area contributed by atoms with E-state index in [1.165, 1.54) is 41.3 Å². The van der Waals surface area contributed by atoms with Crippen LogP contribution in [-0.2, 0) is 24.1 Å². The molecule has 3 rings (SSSR count). The van der Waals surface area contributed by atoms with E-state index >= 15 is 0 Å². The van der Waals surface area contributed by atoms with Gasteiger partial charge in [0.05, 0.1) is 18.8 Å². The lowest BCUT2D eigenvalue weighted by molar-refractivity contribution is 0.00473.